The molecule has 1 fully saturated rings. The summed E-state index contributed by atoms with van der Waals surface area (Å²) >= 11 is 0. The van der Waals surface area contributed by atoms with E-state index in [9.17, 15) is 0 Å². The van der Waals surface area contributed by atoms with Crippen LogP contribution in [0.5, 0.6) is 0 Å². The number of nitrogens with one attached hydrogen (secondary N) is 1. The Bertz CT molecular complexity index is 289. The van der Waals surface area contributed by atoms with Crippen molar-refractivity contribution in [1.82, 2.24) is 5.32 Å². The third-order valence-electron chi connectivity index (χ3n) is 3.34. The molecule has 1 aromatic rings. The normalized spacial score (nSPS) is 23.5. The summed E-state index contributed by atoms with van der Waals surface area (Å²) in [5.41, 5.74) is 1.27. The maximum Gasteiger partial charge on any atom is 0.121 e. The summed E-state index contributed by atoms with van der Waals surface area (Å²) in [6.45, 7) is 5.29. The van der Waals surface area contributed by atoms with E-state index < -0.39 is 0 Å². The molecule has 1 unspecified atom stereocenters. The van der Waals surface area contributed by atoms with Gasteiger partial charge in [0.1, 0.15) is 11.5 Å². The molecule has 0 radical (unpaired) electrons. The number of hydrogen-bond donors (Lipinski definition) is 1. The van der Waals surface area contributed by atoms with Crippen LogP contribution in [0.25, 0.3) is 0 Å². The molecule has 2 heteroatoms. The first-order valence-corrected chi connectivity index (χ1v) is 6.07. The van der Waals surface area contributed by atoms with Crippen molar-refractivity contribution in [3.63, 3.8) is 0 Å². The highest BCUT2D eigenvalue weighted by atomic mass is 16.3. The van der Waals surface area contributed by atoms with Crippen molar-refractivity contribution in [3.8, 4) is 0 Å². The minimum Gasteiger partial charge on any atom is -0.464 e. The fourth-order valence-corrected chi connectivity index (χ4v) is 2.22. The van der Waals surface area contributed by atoms with E-state index in [2.05, 4.69) is 18.3 Å². The third kappa shape index (κ3) is 2.63. The van der Waals surface area contributed by atoms with Crippen LogP contribution in [0, 0.1) is 13.8 Å². The van der Waals surface area contributed by atoms with Gasteiger partial charge in [0.05, 0.1) is 6.04 Å². The van der Waals surface area contributed by atoms with Gasteiger partial charge in [-0.05, 0) is 44.9 Å². The van der Waals surface area contributed by atoms with Crippen molar-refractivity contribution in [2.24, 2.45) is 0 Å². The van der Waals surface area contributed by atoms with Crippen LogP contribution in [0.4, 0.5) is 0 Å². The molecule has 1 atom stereocenters. The molecule has 84 valence electrons. The average Bonchev–Trinajstić information content (AvgIpc) is 2.46. The van der Waals surface area contributed by atoms with Crippen LogP contribution in [-0.2, 0) is 0 Å². The smallest absolute Gasteiger partial charge is 0.121 e. The Balaban J connectivity index is 2.06. The second-order valence-electron chi connectivity index (χ2n) is 4.60. The lowest BCUT2D eigenvalue weighted by Gasteiger charge is -2.19. The van der Waals surface area contributed by atoms with Gasteiger partial charge in [-0.1, -0.05) is 19.3 Å². The summed E-state index contributed by atoms with van der Waals surface area (Å²) in [6.07, 6.45) is 6.57. The maximum absolute atomic E-state index is 5.79. The molecule has 1 N–H and O–H groups in total. The van der Waals surface area contributed by atoms with E-state index in [0.29, 0.717) is 6.04 Å². The SMILES string of the molecule is Cc1cc(C2CCCCCCN2)oc1C. The molecule has 0 aliphatic carbocycles. The van der Waals surface area contributed by atoms with Crippen LogP contribution in [0.2, 0.25) is 0 Å². The van der Waals surface area contributed by atoms with Gasteiger partial charge in [0.25, 0.3) is 0 Å². The van der Waals surface area contributed by atoms with Crippen LogP contribution >= 0.6 is 0 Å². The molecule has 2 nitrogen and oxygen atoms in total. The van der Waals surface area contributed by atoms with Crippen LogP contribution in [0.3, 0.4) is 0 Å². The van der Waals surface area contributed by atoms with Crippen molar-refractivity contribution in [1.29, 1.82) is 0 Å². The predicted molar refractivity (Wildman–Crippen MR) is 62.0 cm³/mol. The minimum absolute atomic E-state index is 0.442. The zero-order chi connectivity index (χ0) is 10.7. The summed E-state index contributed by atoms with van der Waals surface area (Å²) in [5.74, 6) is 2.20. The first-order chi connectivity index (χ1) is 7.27. The summed E-state index contributed by atoms with van der Waals surface area (Å²) in [7, 11) is 0. The van der Waals surface area contributed by atoms with E-state index >= 15 is 0 Å². The van der Waals surface area contributed by atoms with Gasteiger partial charge in [-0.2, -0.15) is 0 Å². The molecule has 0 amide bonds. The second kappa shape index (κ2) is 4.84. The van der Waals surface area contributed by atoms with Gasteiger partial charge in [0.2, 0.25) is 0 Å². The van der Waals surface area contributed by atoms with Gasteiger partial charge in [0, 0.05) is 0 Å². The van der Waals surface area contributed by atoms with Crippen LogP contribution in [-0.4, -0.2) is 6.54 Å². The Morgan fingerprint density at radius 1 is 1.20 bits per heavy atom. The van der Waals surface area contributed by atoms with Crippen molar-refractivity contribution in [3.05, 3.63) is 23.2 Å². The van der Waals surface area contributed by atoms with E-state index in [1.54, 1.807) is 0 Å². The molecule has 2 heterocycles. The molecule has 0 aromatic carbocycles. The molecule has 2 rings (SSSR count). The molecule has 15 heavy (non-hydrogen) atoms. The Kier molecular flexibility index (Phi) is 3.47. The van der Waals surface area contributed by atoms with Crippen LogP contribution < -0.4 is 5.32 Å². The first-order valence-electron chi connectivity index (χ1n) is 6.07. The van der Waals surface area contributed by atoms with E-state index in [4.69, 9.17) is 4.42 Å². The number of aryl methyl sites for hydroxylation is 2. The quantitative estimate of drug-likeness (QED) is 0.762. The van der Waals surface area contributed by atoms with E-state index in [1.165, 1.54) is 37.7 Å². The van der Waals surface area contributed by atoms with Crippen molar-refractivity contribution >= 4 is 0 Å². The summed E-state index contributed by atoms with van der Waals surface area (Å²) in [5, 5.41) is 3.58. The van der Waals surface area contributed by atoms with Crippen LogP contribution in [0.1, 0.15) is 55.2 Å². The Morgan fingerprint density at radius 3 is 2.73 bits per heavy atom. The molecular weight excluding hydrogens is 186 g/mol. The van der Waals surface area contributed by atoms with Crippen molar-refractivity contribution in [2.45, 2.75) is 52.0 Å². The summed E-state index contributed by atoms with van der Waals surface area (Å²) in [4.78, 5) is 0. The van der Waals surface area contributed by atoms with Crippen molar-refractivity contribution in [2.75, 3.05) is 6.54 Å². The maximum atomic E-state index is 5.79. The zero-order valence-corrected chi connectivity index (χ0v) is 9.81. The molecule has 1 saturated heterocycles. The fraction of sp³-hybridized carbons (Fsp3) is 0.692. The van der Waals surface area contributed by atoms with Gasteiger partial charge in [-0.3, -0.25) is 0 Å². The largest absolute Gasteiger partial charge is 0.464 e. The monoisotopic (exact) mass is 207 g/mol. The highest BCUT2D eigenvalue weighted by Gasteiger charge is 2.16. The topological polar surface area (TPSA) is 25.2 Å². The predicted octanol–water partition coefficient (Wildman–Crippen LogP) is 3.49. The Labute approximate surface area is 92.1 Å². The van der Waals surface area contributed by atoms with E-state index in [-0.39, 0.29) is 0 Å². The van der Waals surface area contributed by atoms with Gasteiger partial charge < -0.3 is 9.73 Å². The summed E-state index contributed by atoms with van der Waals surface area (Å²) < 4.78 is 5.79. The van der Waals surface area contributed by atoms with Gasteiger partial charge in [-0.15, -0.1) is 0 Å². The highest BCUT2D eigenvalue weighted by Crippen LogP contribution is 2.25. The highest BCUT2D eigenvalue weighted by molar-refractivity contribution is 5.20. The molecule has 1 aliphatic rings. The lowest BCUT2D eigenvalue weighted by Crippen LogP contribution is -2.23. The number of rotatable bonds is 1. The lowest BCUT2D eigenvalue weighted by atomic mass is 10.0. The third-order valence-corrected chi connectivity index (χ3v) is 3.34. The fourth-order valence-electron chi connectivity index (χ4n) is 2.22. The molecule has 1 aliphatic heterocycles. The molecule has 0 saturated carbocycles. The zero-order valence-electron chi connectivity index (χ0n) is 9.81. The van der Waals surface area contributed by atoms with E-state index in [0.717, 1.165) is 18.1 Å². The molecule has 0 spiro atoms. The second-order valence-corrected chi connectivity index (χ2v) is 4.60. The average molecular weight is 207 g/mol. The molecule has 1 aromatic heterocycles. The molecular formula is C13H21NO. The number of furan rings is 1. The summed E-state index contributed by atoms with van der Waals surface area (Å²) in [6, 6.07) is 2.63. The lowest BCUT2D eigenvalue weighted by molar-refractivity contribution is 0.357. The minimum atomic E-state index is 0.442. The molecule has 0 bridgehead atoms. The first kappa shape index (κ1) is 10.7. The van der Waals surface area contributed by atoms with Gasteiger partial charge in [0.15, 0.2) is 0 Å². The van der Waals surface area contributed by atoms with Crippen molar-refractivity contribution < 1.29 is 4.42 Å². The van der Waals surface area contributed by atoms with E-state index in [1.807, 2.05) is 6.92 Å². The Hall–Kier alpha value is -0.760. The van der Waals surface area contributed by atoms with Gasteiger partial charge >= 0.3 is 0 Å². The Morgan fingerprint density at radius 2 is 2.00 bits per heavy atom. The van der Waals surface area contributed by atoms with Gasteiger partial charge in [-0.25, -0.2) is 0 Å². The number of hydrogen-bond acceptors (Lipinski definition) is 2. The van der Waals surface area contributed by atoms with Crippen LogP contribution in [0.15, 0.2) is 10.5 Å². The standard InChI is InChI=1S/C13H21NO/c1-10-9-13(15-11(10)2)12-7-5-3-4-6-8-14-12/h9,12,14H,3-8H2,1-2H3.